The van der Waals surface area contributed by atoms with Gasteiger partial charge in [0.15, 0.2) is 0 Å². The lowest BCUT2D eigenvalue weighted by molar-refractivity contribution is -0.122. The van der Waals surface area contributed by atoms with E-state index in [-0.39, 0.29) is 45.0 Å². The van der Waals surface area contributed by atoms with Crippen molar-refractivity contribution in [1.29, 1.82) is 0 Å². The molecule has 76 heavy (non-hydrogen) atoms. The second kappa shape index (κ2) is 24.5. The maximum Gasteiger partial charge on any atom is 0.219 e. The quantitative estimate of drug-likeness (QED) is 0.0650. The summed E-state index contributed by atoms with van der Waals surface area (Å²) in [6.45, 7) is 28.4. The van der Waals surface area contributed by atoms with E-state index in [2.05, 4.69) is 191 Å². The molecule has 8 nitrogen and oxygen atoms in total. The lowest BCUT2D eigenvalue weighted by Crippen LogP contribution is -2.25. The van der Waals surface area contributed by atoms with Gasteiger partial charge in [-0.3, -0.25) is 9.59 Å². The van der Waals surface area contributed by atoms with Crippen molar-refractivity contribution < 1.29 is 29.3 Å². The van der Waals surface area contributed by atoms with E-state index >= 15 is 0 Å². The Morgan fingerprint density at radius 3 is 0.961 bits per heavy atom. The Morgan fingerprint density at radius 1 is 0.434 bits per heavy atom. The molecule has 7 rings (SSSR count). The van der Waals surface area contributed by atoms with Gasteiger partial charge in [-0.25, -0.2) is 0 Å². The molecule has 3 aliphatic rings. The van der Waals surface area contributed by atoms with Crippen molar-refractivity contribution in [3.8, 4) is 23.0 Å². The second-order valence-corrected chi connectivity index (χ2v) is 26.0. The molecule has 3 aliphatic carbocycles. The fourth-order valence-corrected chi connectivity index (χ4v) is 10.5. The highest BCUT2D eigenvalue weighted by Gasteiger charge is 2.29. The SMILES string of the molecule is CC(C)(C)c1cc2c(O)c(c1)Cc1cc(C(C)(C)C)cc(c1OCCCNC(=O)CCCC1C=CC=C1)Cc1cc(C(C)(C)C)cc(c1O)Cc1cc(C(C)(C)C)cc(c1OCCCNC(=O)CCCC1C=CC=C1)C2. The van der Waals surface area contributed by atoms with Crippen molar-refractivity contribution in [3.63, 3.8) is 0 Å². The molecule has 4 N–H and O–H groups in total. The number of hydrogen-bond acceptors (Lipinski definition) is 6. The third-order valence-corrected chi connectivity index (χ3v) is 15.3. The van der Waals surface area contributed by atoms with Gasteiger partial charge in [-0.1, -0.05) is 180 Å². The fourth-order valence-electron chi connectivity index (χ4n) is 10.5. The van der Waals surface area contributed by atoms with Crippen molar-refractivity contribution in [3.05, 3.63) is 164 Å². The summed E-state index contributed by atoms with van der Waals surface area (Å²) in [6.07, 6.45) is 24.5. The van der Waals surface area contributed by atoms with Crippen molar-refractivity contribution in [2.75, 3.05) is 26.3 Å². The summed E-state index contributed by atoms with van der Waals surface area (Å²) in [6, 6.07) is 17.7. The van der Waals surface area contributed by atoms with Crippen LogP contribution in [0.3, 0.4) is 0 Å². The fraction of sp³-hybridized carbons (Fsp3) is 0.500. The highest BCUT2D eigenvalue weighted by molar-refractivity contribution is 5.76. The number of nitrogens with one attached hydrogen (secondary N) is 2. The summed E-state index contributed by atoms with van der Waals surface area (Å²) in [5.41, 5.74) is 10.7. The van der Waals surface area contributed by atoms with Crippen LogP contribution in [0.1, 0.15) is 201 Å². The first-order chi connectivity index (χ1) is 35.8. The summed E-state index contributed by atoms with van der Waals surface area (Å²) in [5, 5.41) is 31.7. The Hall–Kier alpha value is -6.02. The van der Waals surface area contributed by atoms with Crippen LogP contribution in [-0.2, 0) is 56.9 Å². The summed E-state index contributed by atoms with van der Waals surface area (Å²) < 4.78 is 13.9. The smallest absolute Gasteiger partial charge is 0.219 e. The van der Waals surface area contributed by atoms with Crippen LogP contribution in [0.25, 0.3) is 0 Å². The number of amides is 2. The second-order valence-electron chi connectivity index (χ2n) is 26.0. The van der Waals surface area contributed by atoms with Crippen LogP contribution < -0.4 is 20.1 Å². The van der Waals surface area contributed by atoms with E-state index in [1.807, 2.05) is 0 Å². The molecule has 0 saturated heterocycles. The predicted molar refractivity (Wildman–Crippen MR) is 313 cm³/mol. The summed E-state index contributed by atoms with van der Waals surface area (Å²) in [5.74, 6) is 2.96. The molecule has 2 amide bonds. The number of phenolic OH excluding ortho intramolecular Hbond substituents is 2. The number of phenols is 2. The van der Waals surface area contributed by atoms with E-state index in [0.29, 0.717) is 89.5 Å². The predicted octanol–water partition coefficient (Wildman–Crippen LogP) is 14.6. The Bertz CT molecular complexity index is 2520. The van der Waals surface area contributed by atoms with E-state index in [1.165, 1.54) is 0 Å². The maximum atomic E-state index is 12.9. The van der Waals surface area contributed by atoms with Gasteiger partial charge in [-0.2, -0.15) is 0 Å². The molecular weight excluding hydrogens is 941 g/mol. The molecule has 8 bridgehead atoms. The largest absolute Gasteiger partial charge is 0.507 e. The van der Waals surface area contributed by atoms with Gasteiger partial charge in [0.25, 0.3) is 0 Å². The highest BCUT2D eigenvalue weighted by Crippen LogP contribution is 2.44. The number of carbonyl (C=O) groups excluding carboxylic acids is 2. The maximum absolute atomic E-state index is 12.9. The van der Waals surface area contributed by atoms with Gasteiger partial charge < -0.3 is 30.3 Å². The number of rotatable bonds is 18. The minimum Gasteiger partial charge on any atom is -0.507 e. The monoisotopic (exact) mass is 1030 g/mol. The summed E-state index contributed by atoms with van der Waals surface area (Å²) in [7, 11) is 0. The molecule has 4 aromatic rings. The lowest BCUT2D eigenvalue weighted by atomic mass is 9.79. The molecule has 0 aromatic heterocycles. The van der Waals surface area contributed by atoms with E-state index < -0.39 is 0 Å². The van der Waals surface area contributed by atoms with E-state index in [9.17, 15) is 19.8 Å². The zero-order chi connectivity index (χ0) is 55.0. The summed E-state index contributed by atoms with van der Waals surface area (Å²) in [4.78, 5) is 25.8. The Labute approximate surface area is 456 Å². The van der Waals surface area contributed by atoms with Gasteiger partial charge in [0, 0.05) is 51.6 Å². The molecule has 0 spiro atoms. The van der Waals surface area contributed by atoms with E-state index in [1.54, 1.807) is 0 Å². The minimum absolute atomic E-state index is 0.0572. The standard InChI is InChI=1S/C68H90N2O6/c1-65(2,3)55-37-47-33-51-41-57(67(7,8)9)43-53(63(51)75-31-19-29-69-59(71)27-17-25-45-21-13-14-22-45)35-49-39-56(66(4,5)6)40-50(62(49)74)36-54-44-58(68(10,11)12)42-52(34-48(38-55)61(47)73)64(54)76-32-20-30-70-60(72)28-18-26-46-23-15-16-24-46/h13-16,21-24,37-46,73-74H,17-20,25-36H2,1-12H3,(H,69,71)(H,70,72). The molecular formula is C68H90N2O6. The molecule has 0 saturated carbocycles. The molecule has 4 aromatic carbocycles. The first-order valence-electron chi connectivity index (χ1n) is 28.4. The van der Waals surface area contributed by atoms with Crippen molar-refractivity contribution in [2.24, 2.45) is 11.8 Å². The van der Waals surface area contributed by atoms with Gasteiger partial charge >= 0.3 is 0 Å². The van der Waals surface area contributed by atoms with Crippen molar-refractivity contribution in [2.45, 2.75) is 182 Å². The minimum atomic E-state index is -0.234. The Balaban J connectivity index is 1.29. The first-order valence-corrected chi connectivity index (χ1v) is 28.4. The van der Waals surface area contributed by atoms with Crippen LogP contribution in [0, 0.1) is 11.8 Å². The number of aromatic hydroxyl groups is 2. The van der Waals surface area contributed by atoms with Gasteiger partial charge in [-0.05, 0) is 139 Å². The molecule has 0 radical (unpaired) electrons. The number of fused-ring (bicyclic) bond motifs is 8. The van der Waals surface area contributed by atoms with Gasteiger partial charge in [0.2, 0.25) is 11.8 Å². The molecule has 0 aliphatic heterocycles. The average molecular weight is 1030 g/mol. The van der Waals surface area contributed by atoms with Crippen LogP contribution in [0.15, 0.2) is 97.1 Å². The molecule has 0 fully saturated rings. The molecule has 0 atom stereocenters. The van der Waals surface area contributed by atoms with Crippen LogP contribution >= 0.6 is 0 Å². The molecule has 0 unspecified atom stereocenters. The average Bonchev–Trinajstić information content (AvgIpc) is 4.10. The number of ether oxygens (including phenoxy) is 2. The normalized spacial score (nSPS) is 14.9. The first kappa shape index (κ1) is 57.7. The van der Waals surface area contributed by atoms with Gasteiger partial charge in [0.05, 0.1) is 13.2 Å². The van der Waals surface area contributed by atoms with Crippen LogP contribution in [0.5, 0.6) is 23.0 Å². The van der Waals surface area contributed by atoms with Gasteiger partial charge in [-0.15, -0.1) is 0 Å². The number of hydrogen-bond donors (Lipinski definition) is 4. The van der Waals surface area contributed by atoms with Crippen molar-refractivity contribution in [1.82, 2.24) is 10.6 Å². The Morgan fingerprint density at radius 2 is 0.697 bits per heavy atom. The van der Waals surface area contributed by atoms with Crippen LogP contribution in [0.2, 0.25) is 0 Å². The third kappa shape index (κ3) is 15.6. The molecule has 0 heterocycles. The third-order valence-electron chi connectivity index (χ3n) is 15.3. The van der Waals surface area contributed by atoms with Crippen LogP contribution in [0.4, 0.5) is 0 Å². The van der Waals surface area contributed by atoms with E-state index in [0.717, 1.165) is 104 Å². The van der Waals surface area contributed by atoms with Crippen LogP contribution in [-0.4, -0.2) is 48.3 Å². The topological polar surface area (TPSA) is 117 Å². The number of allylic oxidation sites excluding steroid dienone is 8. The summed E-state index contributed by atoms with van der Waals surface area (Å²) >= 11 is 0. The zero-order valence-electron chi connectivity index (χ0n) is 48.2. The Kier molecular flexibility index (Phi) is 18.6. The van der Waals surface area contributed by atoms with Crippen molar-refractivity contribution >= 4 is 11.8 Å². The molecule has 8 heteroatoms. The number of benzene rings is 4. The highest BCUT2D eigenvalue weighted by atomic mass is 16.5. The lowest BCUT2D eigenvalue weighted by Gasteiger charge is -2.28. The zero-order valence-corrected chi connectivity index (χ0v) is 48.2. The molecule has 408 valence electrons. The van der Waals surface area contributed by atoms with Gasteiger partial charge in [0.1, 0.15) is 23.0 Å². The number of carbonyl (C=O) groups is 2. The van der Waals surface area contributed by atoms with E-state index in [4.69, 9.17) is 9.47 Å².